The summed E-state index contributed by atoms with van der Waals surface area (Å²) in [6.45, 7) is 0. The van der Waals surface area contributed by atoms with Crippen molar-refractivity contribution < 1.29 is 0 Å². The summed E-state index contributed by atoms with van der Waals surface area (Å²) in [6.07, 6.45) is 3.50. The van der Waals surface area contributed by atoms with Crippen molar-refractivity contribution in [3.8, 4) is 0 Å². The van der Waals surface area contributed by atoms with Crippen LogP contribution in [0.2, 0.25) is 0 Å². The van der Waals surface area contributed by atoms with Crippen LogP contribution in [0, 0.1) is 10.3 Å². The van der Waals surface area contributed by atoms with E-state index in [-0.39, 0.29) is 0 Å². The van der Waals surface area contributed by atoms with E-state index in [9.17, 15) is 0 Å². The van der Waals surface area contributed by atoms with Gasteiger partial charge in [-0.3, -0.25) is 10.4 Å². The van der Waals surface area contributed by atoms with Crippen LogP contribution in [0.4, 0.5) is 0 Å². The smallest absolute Gasteiger partial charge is 0.209 e. The summed E-state index contributed by atoms with van der Waals surface area (Å²) in [7, 11) is 0. The first-order valence-corrected chi connectivity index (χ1v) is 3.04. The van der Waals surface area contributed by atoms with Crippen molar-refractivity contribution in [2.24, 2.45) is 11.0 Å². The maximum absolute atomic E-state index is 9.03. The zero-order chi connectivity index (χ0) is 9.23. The summed E-state index contributed by atoms with van der Waals surface area (Å²) < 4.78 is 0. The Morgan fingerprint density at radius 3 is 2.08 bits per heavy atom. The molecule has 6 nitrogen and oxygen atoms in total. The zero-order valence-electron chi connectivity index (χ0n) is 6.27. The summed E-state index contributed by atoms with van der Waals surface area (Å²) in [5.41, 5.74) is 6.22. The SMILES string of the molecule is N=C(N)NN=O.c1ccncc1. The molecular formula is C6H9N5O. The minimum atomic E-state index is -0.440. The van der Waals surface area contributed by atoms with Gasteiger partial charge >= 0.3 is 0 Å². The predicted octanol–water partition coefficient (Wildman–Crippen LogP) is 0.232. The molecule has 1 aromatic rings. The van der Waals surface area contributed by atoms with E-state index < -0.39 is 5.96 Å². The first kappa shape index (κ1) is 10.0. The van der Waals surface area contributed by atoms with E-state index in [1.165, 1.54) is 0 Å². The number of nitrogens with two attached hydrogens (primary N) is 1. The maximum Gasteiger partial charge on any atom is 0.209 e. The van der Waals surface area contributed by atoms with Gasteiger partial charge in [0.1, 0.15) is 0 Å². The van der Waals surface area contributed by atoms with Gasteiger partial charge in [-0.2, -0.15) is 0 Å². The van der Waals surface area contributed by atoms with Gasteiger partial charge in [0.2, 0.25) is 5.96 Å². The lowest BCUT2D eigenvalue weighted by Gasteiger charge is -1.82. The van der Waals surface area contributed by atoms with Crippen LogP contribution in [0.3, 0.4) is 0 Å². The molecule has 0 unspecified atom stereocenters. The van der Waals surface area contributed by atoms with Crippen LogP contribution < -0.4 is 11.2 Å². The van der Waals surface area contributed by atoms with E-state index in [1.807, 2.05) is 18.2 Å². The molecular weight excluding hydrogens is 158 g/mol. The molecule has 0 atom stereocenters. The van der Waals surface area contributed by atoms with E-state index >= 15 is 0 Å². The van der Waals surface area contributed by atoms with Gasteiger partial charge in [0.05, 0.1) is 5.29 Å². The molecule has 0 spiro atoms. The molecule has 0 amide bonds. The lowest BCUT2D eigenvalue weighted by Crippen LogP contribution is -2.24. The summed E-state index contributed by atoms with van der Waals surface area (Å²) in [4.78, 5) is 12.8. The molecule has 0 saturated heterocycles. The fourth-order valence-electron chi connectivity index (χ4n) is 0.362. The molecule has 1 rings (SSSR count). The molecule has 0 fully saturated rings. The molecule has 4 N–H and O–H groups in total. The number of hydrogen-bond acceptors (Lipinski definition) is 4. The van der Waals surface area contributed by atoms with Gasteiger partial charge in [0.15, 0.2) is 0 Å². The first-order valence-electron chi connectivity index (χ1n) is 3.04. The third kappa shape index (κ3) is 8.02. The quantitative estimate of drug-likeness (QED) is 0.241. The summed E-state index contributed by atoms with van der Waals surface area (Å²) in [6, 6.07) is 5.72. The van der Waals surface area contributed by atoms with E-state index in [1.54, 1.807) is 17.8 Å². The van der Waals surface area contributed by atoms with E-state index in [4.69, 9.17) is 10.3 Å². The Morgan fingerprint density at radius 1 is 1.42 bits per heavy atom. The van der Waals surface area contributed by atoms with Gasteiger partial charge in [-0.05, 0) is 12.1 Å². The zero-order valence-corrected chi connectivity index (χ0v) is 6.27. The first-order chi connectivity index (χ1) is 5.77. The highest BCUT2D eigenvalue weighted by atomic mass is 16.3. The molecule has 0 aliphatic rings. The van der Waals surface area contributed by atoms with Gasteiger partial charge in [-0.15, -0.1) is 4.91 Å². The van der Waals surface area contributed by atoms with Crippen LogP contribution in [0.15, 0.2) is 35.9 Å². The van der Waals surface area contributed by atoms with Crippen LogP contribution in [0.1, 0.15) is 0 Å². The Kier molecular flexibility index (Phi) is 5.95. The van der Waals surface area contributed by atoms with Crippen LogP contribution in [0.5, 0.6) is 0 Å². The second kappa shape index (κ2) is 7.13. The molecule has 0 aliphatic carbocycles. The third-order valence-corrected chi connectivity index (χ3v) is 0.733. The Morgan fingerprint density at radius 2 is 2.00 bits per heavy atom. The van der Waals surface area contributed by atoms with Crippen molar-refractivity contribution in [3.63, 3.8) is 0 Å². The molecule has 0 saturated carbocycles. The normalized spacial score (nSPS) is 7.33. The third-order valence-electron chi connectivity index (χ3n) is 0.733. The number of nitrogens with zero attached hydrogens (tertiary/aromatic N) is 2. The number of guanidine groups is 1. The van der Waals surface area contributed by atoms with E-state index in [0.29, 0.717) is 0 Å². The van der Waals surface area contributed by atoms with E-state index in [2.05, 4.69) is 16.0 Å². The van der Waals surface area contributed by atoms with Crippen molar-refractivity contribution in [3.05, 3.63) is 35.5 Å². The largest absolute Gasteiger partial charge is 0.369 e. The number of pyridine rings is 1. The van der Waals surface area contributed by atoms with Crippen LogP contribution in [-0.4, -0.2) is 10.9 Å². The molecule has 0 bridgehead atoms. The van der Waals surface area contributed by atoms with E-state index in [0.717, 1.165) is 0 Å². The van der Waals surface area contributed by atoms with Crippen molar-refractivity contribution in [2.75, 3.05) is 0 Å². The van der Waals surface area contributed by atoms with Crippen molar-refractivity contribution in [2.45, 2.75) is 0 Å². The fraction of sp³-hybridized carbons (Fsp3) is 0. The Bertz CT molecular complexity index is 198. The Balaban J connectivity index is 0.000000202. The highest BCUT2D eigenvalue weighted by Crippen LogP contribution is 1.73. The van der Waals surface area contributed by atoms with Crippen LogP contribution in [-0.2, 0) is 0 Å². The second-order valence-corrected chi connectivity index (χ2v) is 1.64. The summed E-state index contributed by atoms with van der Waals surface area (Å²) in [5, 5.41) is 8.35. The van der Waals surface area contributed by atoms with Crippen molar-refractivity contribution in [1.29, 1.82) is 5.41 Å². The van der Waals surface area contributed by atoms with Crippen molar-refractivity contribution >= 4 is 5.96 Å². The Hall–Kier alpha value is -1.98. The number of nitrogens with one attached hydrogen (secondary N) is 2. The summed E-state index contributed by atoms with van der Waals surface area (Å²) in [5.74, 6) is -0.440. The van der Waals surface area contributed by atoms with Gasteiger partial charge in [-0.1, -0.05) is 6.07 Å². The molecule has 12 heavy (non-hydrogen) atoms. The van der Waals surface area contributed by atoms with Gasteiger partial charge in [0.25, 0.3) is 0 Å². The molecule has 1 aromatic heterocycles. The number of nitroso groups, excluding NO2 is 1. The number of hydrogen-bond donors (Lipinski definition) is 3. The van der Waals surface area contributed by atoms with Gasteiger partial charge < -0.3 is 5.73 Å². The van der Waals surface area contributed by atoms with Crippen molar-refractivity contribution in [1.82, 2.24) is 10.4 Å². The average Bonchev–Trinajstić information content (AvgIpc) is 2.08. The maximum atomic E-state index is 9.03. The highest BCUT2D eigenvalue weighted by Gasteiger charge is 1.74. The van der Waals surface area contributed by atoms with Crippen LogP contribution >= 0.6 is 0 Å². The minimum absolute atomic E-state index is 0.440. The predicted molar refractivity (Wildman–Crippen MR) is 45.1 cm³/mol. The highest BCUT2D eigenvalue weighted by molar-refractivity contribution is 5.73. The monoisotopic (exact) mass is 167 g/mol. The molecule has 64 valence electrons. The molecule has 0 aliphatic heterocycles. The standard InChI is InChI=1S/C5H5N.CH4N4O/c1-2-4-6-5-3-1;2-1(3)4-5-6/h1-5H;(H4,2,3,4,6). The average molecular weight is 167 g/mol. The fourth-order valence-corrected chi connectivity index (χ4v) is 0.362. The molecule has 0 aromatic carbocycles. The minimum Gasteiger partial charge on any atom is -0.369 e. The molecule has 0 radical (unpaired) electrons. The van der Waals surface area contributed by atoms with Gasteiger partial charge in [-0.25, -0.2) is 5.43 Å². The number of aromatic nitrogens is 1. The Labute approximate surface area is 69.3 Å². The lowest BCUT2D eigenvalue weighted by molar-refractivity contribution is 0.982. The summed E-state index contributed by atoms with van der Waals surface area (Å²) >= 11 is 0. The second-order valence-electron chi connectivity index (χ2n) is 1.64. The molecule has 6 heteroatoms. The topological polar surface area (TPSA) is 104 Å². The molecule has 1 heterocycles. The van der Waals surface area contributed by atoms with Crippen LogP contribution in [0.25, 0.3) is 0 Å². The lowest BCUT2D eigenvalue weighted by atomic mass is 10.5. The van der Waals surface area contributed by atoms with Gasteiger partial charge in [0, 0.05) is 12.4 Å². The number of rotatable bonds is 1.